The Labute approximate surface area is 142 Å². The first kappa shape index (κ1) is 16.2. The molecule has 0 spiro atoms. The molecule has 2 aromatic heterocycles. The van der Waals surface area contributed by atoms with Crippen molar-refractivity contribution < 1.29 is 4.74 Å². The summed E-state index contributed by atoms with van der Waals surface area (Å²) in [7, 11) is 1.65. The van der Waals surface area contributed by atoms with Crippen molar-refractivity contribution in [1.29, 1.82) is 0 Å². The van der Waals surface area contributed by atoms with Crippen molar-refractivity contribution in [3.63, 3.8) is 0 Å². The molecule has 0 N–H and O–H groups in total. The van der Waals surface area contributed by atoms with Gasteiger partial charge in [-0.3, -0.25) is 0 Å². The van der Waals surface area contributed by atoms with Gasteiger partial charge in [0.15, 0.2) is 0 Å². The van der Waals surface area contributed by atoms with E-state index in [2.05, 4.69) is 33.6 Å². The molecule has 2 aliphatic carbocycles. The van der Waals surface area contributed by atoms with Crippen LogP contribution in [0.15, 0.2) is 18.2 Å². The van der Waals surface area contributed by atoms with Crippen molar-refractivity contribution in [3.05, 3.63) is 35.5 Å². The molecule has 2 aromatic rings. The molecule has 0 atom stereocenters. The lowest BCUT2D eigenvalue weighted by Gasteiger charge is -2.25. The van der Waals surface area contributed by atoms with Crippen molar-refractivity contribution in [1.82, 2.24) is 19.7 Å². The summed E-state index contributed by atoms with van der Waals surface area (Å²) in [5.74, 6) is 3.49. The molecule has 2 heterocycles. The third kappa shape index (κ3) is 2.82. The highest BCUT2D eigenvalue weighted by molar-refractivity contribution is 5.85. The van der Waals surface area contributed by atoms with Crippen molar-refractivity contribution in [2.75, 3.05) is 7.11 Å². The second-order valence-electron chi connectivity index (χ2n) is 6.95. The molecule has 2 fully saturated rings. The Morgan fingerprint density at radius 2 is 1.87 bits per heavy atom. The summed E-state index contributed by atoms with van der Waals surface area (Å²) >= 11 is 0. The van der Waals surface area contributed by atoms with Crippen LogP contribution in [-0.4, -0.2) is 26.9 Å². The molecule has 23 heavy (non-hydrogen) atoms. The smallest absolute Gasteiger partial charge is 0.213 e. The Kier molecular flexibility index (Phi) is 4.08. The van der Waals surface area contributed by atoms with Gasteiger partial charge in [0.2, 0.25) is 5.88 Å². The molecule has 4 rings (SSSR count). The number of pyridine rings is 1. The van der Waals surface area contributed by atoms with Gasteiger partial charge in [-0.15, -0.1) is 22.6 Å². The lowest BCUT2D eigenvalue weighted by Crippen LogP contribution is -2.26. The topological polar surface area (TPSA) is 52.8 Å². The number of halogens is 1. The van der Waals surface area contributed by atoms with Crippen LogP contribution in [0.3, 0.4) is 0 Å². The minimum Gasteiger partial charge on any atom is -0.481 e. The minimum absolute atomic E-state index is 0. The van der Waals surface area contributed by atoms with Crippen LogP contribution in [0.4, 0.5) is 0 Å². The molecule has 0 unspecified atom stereocenters. The Morgan fingerprint density at radius 1 is 1.13 bits per heavy atom. The van der Waals surface area contributed by atoms with Crippen LogP contribution >= 0.6 is 12.4 Å². The normalized spacial score (nSPS) is 17.7. The number of hydrogen-bond acceptors (Lipinski definition) is 4. The first-order valence-corrected chi connectivity index (χ1v) is 8.08. The van der Waals surface area contributed by atoms with Gasteiger partial charge in [0, 0.05) is 18.0 Å². The average Bonchev–Trinajstić information content (AvgIpc) is 3.46. The molecular formula is C17H23ClN4O. The van der Waals surface area contributed by atoms with E-state index >= 15 is 0 Å². The van der Waals surface area contributed by atoms with Gasteiger partial charge in [-0.05, 0) is 45.6 Å². The molecule has 0 amide bonds. The van der Waals surface area contributed by atoms with E-state index in [-0.39, 0.29) is 17.8 Å². The highest BCUT2D eigenvalue weighted by Gasteiger charge is 2.41. The van der Waals surface area contributed by atoms with E-state index in [0.29, 0.717) is 17.8 Å². The van der Waals surface area contributed by atoms with Gasteiger partial charge in [0.25, 0.3) is 0 Å². The fourth-order valence-electron chi connectivity index (χ4n) is 3.03. The van der Waals surface area contributed by atoms with Crippen LogP contribution in [0.25, 0.3) is 0 Å². The van der Waals surface area contributed by atoms with Gasteiger partial charge < -0.3 is 9.30 Å². The summed E-state index contributed by atoms with van der Waals surface area (Å²) in [6, 6.07) is 6.50. The fourth-order valence-corrected chi connectivity index (χ4v) is 3.03. The Balaban J connectivity index is 0.00000156. The molecule has 0 aromatic carbocycles. The summed E-state index contributed by atoms with van der Waals surface area (Å²) in [4.78, 5) is 4.63. The van der Waals surface area contributed by atoms with Gasteiger partial charge in [-0.25, -0.2) is 4.98 Å². The van der Waals surface area contributed by atoms with E-state index in [1.807, 2.05) is 18.2 Å². The van der Waals surface area contributed by atoms with Gasteiger partial charge in [0.05, 0.1) is 18.2 Å². The molecule has 2 saturated carbocycles. The molecule has 6 heteroatoms. The second-order valence-corrected chi connectivity index (χ2v) is 6.95. The summed E-state index contributed by atoms with van der Waals surface area (Å²) < 4.78 is 7.68. The summed E-state index contributed by atoms with van der Waals surface area (Å²) in [6.07, 6.45) is 4.99. The van der Waals surface area contributed by atoms with Crippen LogP contribution < -0.4 is 4.74 Å². The number of ether oxygens (including phenoxy) is 1. The van der Waals surface area contributed by atoms with Crippen LogP contribution in [-0.2, 0) is 5.41 Å². The predicted molar refractivity (Wildman–Crippen MR) is 90.4 cm³/mol. The number of aromatic nitrogens is 4. The summed E-state index contributed by atoms with van der Waals surface area (Å²) in [5.41, 5.74) is 0.695. The third-order valence-corrected chi connectivity index (χ3v) is 4.71. The first-order valence-electron chi connectivity index (χ1n) is 8.08. The molecule has 5 nitrogen and oxygen atoms in total. The maximum atomic E-state index is 5.28. The van der Waals surface area contributed by atoms with E-state index in [1.54, 1.807) is 7.11 Å². The van der Waals surface area contributed by atoms with Crippen LogP contribution in [0.5, 0.6) is 5.88 Å². The lowest BCUT2D eigenvalue weighted by atomic mass is 9.87. The maximum Gasteiger partial charge on any atom is 0.213 e. The van der Waals surface area contributed by atoms with Crippen LogP contribution in [0, 0.1) is 0 Å². The lowest BCUT2D eigenvalue weighted by molar-refractivity contribution is 0.391. The standard InChI is InChI=1S/C17H22N4O.ClH/c1-17(2,13-5-4-6-14(18-13)22-3)16-20-19-15(11-7-8-11)21(16)12-9-10-12;/h4-6,11-12H,7-10H2,1-3H3;1H. The van der Waals surface area contributed by atoms with Crippen LogP contribution in [0.2, 0.25) is 0 Å². The Bertz CT molecular complexity index is 704. The number of methoxy groups -OCH3 is 1. The van der Waals surface area contributed by atoms with E-state index in [4.69, 9.17) is 4.74 Å². The number of rotatable bonds is 5. The molecular weight excluding hydrogens is 312 g/mol. The van der Waals surface area contributed by atoms with E-state index < -0.39 is 0 Å². The maximum absolute atomic E-state index is 5.28. The van der Waals surface area contributed by atoms with E-state index in [9.17, 15) is 0 Å². The quantitative estimate of drug-likeness (QED) is 0.837. The minimum atomic E-state index is -0.280. The van der Waals surface area contributed by atoms with Gasteiger partial charge in [-0.1, -0.05) is 6.07 Å². The van der Waals surface area contributed by atoms with Crippen LogP contribution in [0.1, 0.15) is 68.8 Å². The van der Waals surface area contributed by atoms with Gasteiger partial charge in [0.1, 0.15) is 11.6 Å². The molecule has 0 aliphatic heterocycles. The third-order valence-electron chi connectivity index (χ3n) is 4.71. The van der Waals surface area contributed by atoms with Crippen molar-refractivity contribution >= 4 is 12.4 Å². The van der Waals surface area contributed by atoms with Crippen molar-refractivity contribution in [3.8, 4) is 5.88 Å². The number of nitrogens with zero attached hydrogens (tertiary/aromatic N) is 4. The zero-order valence-corrected chi connectivity index (χ0v) is 14.6. The second kappa shape index (κ2) is 5.78. The molecule has 0 saturated heterocycles. The van der Waals surface area contributed by atoms with Crippen molar-refractivity contribution in [2.45, 2.75) is 56.9 Å². The molecule has 0 bridgehead atoms. The predicted octanol–water partition coefficient (Wildman–Crippen LogP) is 3.64. The Hall–Kier alpha value is -1.62. The van der Waals surface area contributed by atoms with Gasteiger partial charge >= 0.3 is 0 Å². The molecule has 0 radical (unpaired) electrons. The molecule has 2 aliphatic rings. The SMILES string of the molecule is COc1cccc(C(C)(C)c2nnc(C3CC3)n2C2CC2)n1.Cl. The largest absolute Gasteiger partial charge is 0.481 e. The fraction of sp³-hybridized carbons (Fsp3) is 0.588. The summed E-state index contributed by atoms with van der Waals surface area (Å²) in [5, 5.41) is 9.10. The molecule has 124 valence electrons. The highest BCUT2D eigenvalue weighted by atomic mass is 35.5. The van der Waals surface area contributed by atoms with E-state index in [1.165, 1.54) is 31.5 Å². The monoisotopic (exact) mass is 334 g/mol. The van der Waals surface area contributed by atoms with Gasteiger partial charge in [-0.2, -0.15) is 0 Å². The zero-order valence-electron chi connectivity index (χ0n) is 13.8. The first-order chi connectivity index (χ1) is 10.6. The zero-order chi connectivity index (χ0) is 15.3. The number of hydrogen-bond donors (Lipinski definition) is 0. The Morgan fingerprint density at radius 3 is 2.48 bits per heavy atom. The summed E-state index contributed by atoms with van der Waals surface area (Å²) in [6.45, 7) is 4.35. The average molecular weight is 335 g/mol. The van der Waals surface area contributed by atoms with Crippen molar-refractivity contribution in [2.24, 2.45) is 0 Å². The highest BCUT2D eigenvalue weighted by Crippen LogP contribution is 2.46. The van der Waals surface area contributed by atoms with E-state index in [0.717, 1.165) is 11.5 Å².